The molecule has 0 saturated heterocycles. The van der Waals surface area contributed by atoms with Crippen molar-refractivity contribution in [1.29, 1.82) is 0 Å². The maximum Gasteiger partial charge on any atom is 0.258 e. The average Bonchev–Trinajstić information content (AvgIpc) is 3.44. The summed E-state index contributed by atoms with van der Waals surface area (Å²) in [7, 11) is 0. The lowest BCUT2D eigenvalue weighted by Gasteiger charge is -2.22. The Bertz CT molecular complexity index is 770. The molecule has 2 unspecified atom stereocenters. The zero-order valence-corrected chi connectivity index (χ0v) is 15.0. The van der Waals surface area contributed by atoms with Crippen molar-refractivity contribution in [2.75, 3.05) is 5.32 Å². The van der Waals surface area contributed by atoms with Gasteiger partial charge in [-0.25, -0.2) is 4.98 Å². The number of halogens is 1. The van der Waals surface area contributed by atoms with Crippen LogP contribution in [0.1, 0.15) is 60.4 Å². The van der Waals surface area contributed by atoms with Gasteiger partial charge < -0.3 is 5.32 Å². The average molecular weight is 355 g/mol. The van der Waals surface area contributed by atoms with Crippen molar-refractivity contribution in [3.8, 4) is 0 Å². The molecule has 25 heavy (non-hydrogen) atoms. The highest BCUT2D eigenvalue weighted by molar-refractivity contribution is 6.33. The Morgan fingerprint density at radius 2 is 1.88 bits per heavy atom. The molecule has 2 atom stereocenters. The Morgan fingerprint density at radius 1 is 1.08 bits per heavy atom. The number of carbonyl (C=O) groups is 1. The zero-order chi connectivity index (χ0) is 17.2. The fourth-order valence-corrected chi connectivity index (χ4v) is 4.54. The van der Waals surface area contributed by atoms with E-state index < -0.39 is 0 Å². The summed E-state index contributed by atoms with van der Waals surface area (Å²) in [4.78, 5) is 16.6. The minimum absolute atomic E-state index is 0.194. The van der Waals surface area contributed by atoms with E-state index in [1.165, 1.54) is 44.1 Å². The maximum atomic E-state index is 12.6. The predicted molar refractivity (Wildman–Crippen MR) is 101 cm³/mol. The van der Waals surface area contributed by atoms with E-state index in [2.05, 4.69) is 22.4 Å². The number of anilines is 1. The maximum absolute atomic E-state index is 12.6. The van der Waals surface area contributed by atoms with Crippen molar-refractivity contribution in [2.24, 2.45) is 11.8 Å². The van der Waals surface area contributed by atoms with Crippen LogP contribution in [0.25, 0.3) is 0 Å². The SMILES string of the molecule is O=C(Nc1ccccc1C1CC1C1CCCCC1)c1cccnc1Cl. The molecule has 2 aliphatic carbocycles. The molecule has 0 spiro atoms. The van der Waals surface area contributed by atoms with Gasteiger partial charge in [-0.15, -0.1) is 0 Å². The van der Waals surface area contributed by atoms with Crippen molar-refractivity contribution in [3.05, 3.63) is 58.9 Å². The van der Waals surface area contributed by atoms with Gasteiger partial charge in [0, 0.05) is 11.9 Å². The van der Waals surface area contributed by atoms with Gasteiger partial charge in [0.1, 0.15) is 5.15 Å². The van der Waals surface area contributed by atoms with E-state index >= 15 is 0 Å². The summed E-state index contributed by atoms with van der Waals surface area (Å²) in [6.07, 6.45) is 9.75. The molecule has 1 amide bonds. The third kappa shape index (κ3) is 3.57. The van der Waals surface area contributed by atoms with Crippen LogP contribution in [0.15, 0.2) is 42.6 Å². The number of carbonyl (C=O) groups excluding carboxylic acids is 1. The molecule has 1 aromatic carbocycles. The molecule has 0 aliphatic heterocycles. The Morgan fingerprint density at radius 3 is 2.68 bits per heavy atom. The van der Waals surface area contributed by atoms with Crippen LogP contribution in [0.4, 0.5) is 5.69 Å². The van der Waals surface area contributed by atoms with Gasteiger partial charge in [0.2, 0.25) is 0 Å². The highest BCUT2D eigenvalue weighted by atomic mass is 35.5. The molecule has 0 radical (unpaired) electrons. The third-order valence-electron chi connectivity index (χ3n) is 5.71. The van der Waals surface area contributed by atoms with Crippen LogP contribution >= 0.6 is 11.6 Å². The molecule has 0 bridgehead atoms. The van der Waals surface area contributed by atoms with Crippen LogP contribution < -0.4 is 5.32 Å². The standard InChI is InChI=1S/C21H23ClN2O/c22-20-16(10-6-12-23-20)21(25)24-19-11-5-4-9-15(19)18-13-17(18)14-7-2-1-3-8-14/h4-6,9-12,14,17-18H,1-3,7-8,13H2,(H,24,25). The highest BCUT2D eigenvalue weighted by Crippen LogP contribution is 2.56. The fraction of sp³-hybridized carbons (Fsp3) is 0.429. The van der Waals surface area contributed by atoms with Crippen molar-refractivity contribution >= 4 is 23.2 Å². The molecule has 4 rings (SSSR count). The summed E-state index contributed by atoms with van der Waals surface area (Å²) < 4.78 is 0. The molecule has 1 heterocycles. The topological polar surface area (TPSA) is 42.0 Å². The second-order valence-corrected chi connectivity index (χ2v) is 7.65. The summed E-state index contributed by atoms with van der Waals surface area (Å²) in [5.74, 6) is 2.06. The Balaban J connectivity index is 1.50. The van der Waals surface area contributed by atoms with Crippen molar-refractivity contribution in [2.45, 2.75) is 44.4 Å². The van der Waals surface area contributed by atoms with Crippen LogP contribution in [0.2, 0.25) is 5.15 Å². The Hall–Kier alpha value is -1.87. The molecule has 2 aromatic rings. The van der Waals surface area contributed by atoms with Crippen LogP contribution in [-0.4, -0.2) is 10.9 Å². The number of hydrogen-bond acceptors (Lipinski definition) is 2. The van der Waals surface area contributed by atoms with Gasteiger partial charge >= 0.3 is 0 Å². The van der Waals surface area contributed by atoms with E-state index in [4.69, 9.17) is 11.6 Å². The molecule has 1 N–H and O–H groups in total. The van der Waals surface area contributed by atoms with Gasteiger partial charge in [0.25, 0.3) is 5.91 Å². The lowest BCUT2D eigenvalue weighted by molar-refractivity contribution is 0.102. The number of rotatable bonds is 4. The Kier molecular flexibility index (Phi) is 4.76. The van der Waals surface area contributed by atoms with E-state index in [-0.39, 0.29) is 11.1 Å². The van der Waals surface area contributed by atoms with E-state index in [9.17, 15) is 4.79 Å². The second-order valence-electron chi connectivity index (χ2n) is 7.29. The number of benzene rings is 1. The van der Waals surface area contributed by atoms with Gasteiger partial charge in [-0.1, -0.05) is 61.9 Å². The van der Waals surface area contributed by atoms with Crippen LogP contribution in [0, 0.1) is 11.8 Å². The van der Waals surface area contributed by atoms with Gasteiger partial charge in [-0.3, -0.25) is 4.79 Å². The van der Waals surface area contributed by atoms with E-state index in [0.717, 1.165) is 17.5 Å². The largest absolute Gasteiger partial charge is 0.322 e. The van der Waals surface area contributed by atoms with Gasteiger partial charge in [0.15, 0.2) is 0 Å². The van der Waals surface area contributed by atoms with Gasteiger partial charge in [-0.2, -0.15) is 0 Å². The van der Waals surface area contributed by atoms with Crippen molar-refractivity contribution in [1.82, 2.24) is 4.98 Å². The minimum Gasteiger partial charge on any atom is -0.322 e. The second kappa shape index (κ2) is 7.17. The molecule has 3 nitrogen and oxygen atoms in total. The number of hydrogen-bond donors (Lipinski definition) is 1. The first-order valence-electron chi connectivity index (χ1n) is 9.25. The number of aromatic nitrogens is 1. The molecule has 1 aromatic heterocycles. The van der Waals surface area contributed by atoms with E-state index in [1.54, 1.807) is 18.3 Å². The Labute approximate surface area is 153 Å². The number of nitrogens with zero attached hydrogens (tertiary/aromatic N) is 1. The van der Waals surface area contributed by atoms with Gasteiger partial charge in [0.05, 0.1) is 5.56 Å². The summed E-state index contributed by atoms with van der Waals surface area (Å²) in [6.45, 7) is 0. The first-order chi connectivity index (χ1) is 12.2. The van der Waals surface area contributed by atoms with Crippen LogP contribution in [-0.2, 0) is 0 Å². The zero-order valence-electron chi connectivity index (χ0n) is 14.2. The summed E-state index contributed by atoms with van der Waals surface area (Å²) in [5, 5.41) is 3.29. The number of pyridine rings is 1. The molecule has 2 fully saturated rings. The summed E-state index contributed by atoms with van der Waals surface area (Å²) >= 11 is 6.05. The summed E-state index contributed by atoms with van der Waals surface area (Å²) in [5.41, 5.74) is 2.60. The predicted octanol–water partition coefficient (Wildman–Crippen LogP) is 5.67. The van der Waals surface area contributed by atoms with Crippen molar-refractivity contribution < 1.29 is 4.79 Å². The minimum atomic E-state index is -0.194. The van der Waals surface area contributed by atoms with E-state index in [1.807, 2.05) is 12.1 Å². The van der Waals surface area contributed by atoms with Gasteiger partial charge in [-0.05, 0) is 47.9 Å². The summed E-state index contributed by atoms with van der Waals surface area (Å²) in [6, 6.07) is 11.6. The normalized spacial score (nSPS) is 23.2. The molecule has 2 aliphatic rings. The number of para-hydroxylation sites is 1. The highest BCUT2D eigenvalue weighted by Gasteiger charge is 2.44. The molecular formula is C21H23ClN2O. The molecule has 2 saturated carbocycles. The van der Waals surface area contributed by atoms with E-state index in [0.29, 0.717) is 11.5 Å². The molecule has 4 heteroatoms. The number of nitrogens with one attached hydrogen (secondary N) is 1. The van der Waals surface area contributed by atoms with Crippen LogP contribution in [0.5, 0.6) is 0 Å². The van der Waals surface area contributed by atoms with Crippen molar-refractivity contribution in [3.63, 3.8) is 0 Å². The smallest absolute Gasteiger partial charge is 0.258 e. The monoisotopic (exact) mass is 354 g/mol. The molecule has 130 valence electrons. The fourth-order valence-electron chi connectivity index (χ4n) is 4.33. The first kappa shape index (κ1) is 16.6. The van der Waals surface area contributed by atoms with Crippen LogP contribution in [0.3, 0.4) is 0 Å². The molecular weight excluding hydrogens is 332 g/mol. The third-order valence-corrected chi connectivity index (χ3v) is 6.01. The lowest BCUT2D eigenvalue weighted by atomic mass is 9.84. The quantitative estimate of drug-likeness (QED) is 0.718. The lowest BCUT2D eigenvalue weighted by Crippen LogP contribution is -2.14. The number of amides is 1. The first-order valence-corrected chi connectivity index (χ1v) is 9.62.